The van der Waals surface area contributed by atoms with Gasteiger partial charge in [-0.1, -0.05) is 25.4 Å². The number of nitrogens with one attached hydrogen (secondary N) is 2. The fourth-order valence-corrected chi connectivity index (χ4v) is 3.50. The highest BCUT2D eigenvalue weighted by molar-refractivity contribution is 7.99. The fourth-order valence-electron chi connectivity index (χ4n) is 2.30. The lowest BCUT2D eigenvalue weighted by Gasteiger charge is -2.29. The highest BCUT2D eigenvalue weighted by atomic mass is 35.5. The standard InChI is InChI=1S/C16H24ClN3OS/c1-12(2)5-6-18-16(21)19-13-3-4-15(14(17)11-13)20-7-9-22-10-8-20/h3-4,11-12H,5-10H2,1-2H3,(H2,18,19,21). The predicted molar refractivity (Wildman–Crippen MR) is 97.5 cm³/mol. The zero-order valence-electron chi connectivity index (χ0n) is 13.2. The van der Waals surface area contributed by atoms with E-state index in [-0.39, 0.29) is 6.03 Å². The molecular weight excluding hydrogens is 318 g/mol. The van der Waals surface area contributed by atoms with Crippen LogP contribution in [-0.4, -0.2) is 37.2 Å². The van der Waals surface area contributed by atoms with E-state index in [1.165, 1.54) is 0 Å². The Kier molecular flexibility index (Phi) is 6.70. The third-order valence-corrected chi connectivity index (χ3v) is 4.81. The number of hydrogen-bond donors (Lipinski definition) is 2. The van der Waals surface area contributed by atoms with Crippen molar-refractivity contribution in [2.75, 3.05) is 41.4 Å². The van der Waals surface area contributed by atoms with Gasteiger partial charge in [0.05, 0.1) is 10.7 Å². The maximum Gasteiger partial charge on any atom is 0.319 e. The van der Waals surface area contributed by atoms with E-state index in [1.54, 1.807) is 0 Å². The van der Waals surface area contributed by atoms with Crippen molar-refractivity contribution in [3.05, 3.63) is 23.2 Å². The predicted octanol–water partition coefficient (Wildman–Crippen LogP) is 4.06. The summed E-state index contributed by atoms with van der Waals surface area (Å²) in [5.74, 6) is 2.85. The number of hydrogen-bond acceptors (Lipinski definition) is 3. The molecule has 1 aliphatic rings. The molecule has 1 aromatic rings. The Hall–Kier alpha value is -1.07. The topological polar surface area (TPSA) is 44.4 Å². The van der Waals surface area contributed by atoms with Gasteiger partial charge >= 0.3 is 6.03 Å². The summed E-state index contributed by atoms with van der Waals surface area (Å²) in [5, 5.41) is 6.37. The third kappa shape index (κ3) is 5.29. The summed E-state index contributed by atoms with van der Waals surface area (Å²) in [7, 11) is 0. The van der Waals surface area contributed by atoms with Gasteiger partial charge in [-0.2, -0.15) is 11.8 Å². The molecule has 0 radical (unpaired) electrons. The van der Waals surface area contributed by atoms with Crippen LogP contribution in [-0.2, 0) is 0 Å². The Labute approximate surface area is 142 Å². The van der Waals surface area contributed by atoms with Crippen LogP contribution in [0.5, 0.6) is 0 Å². The molecule has 0 aliphatic carbocycles. The second kappa shape index (κ2) is 8.53. The van der Waals surface area contributed by atoms with Gasteiger partial charge in [-0.3, -0.25) is 0 Å². The number of halogens is 1. The average Bonchev–Trinajstić information content (AvgIpc) is 2.48. The van der Waals surface area contributed by atoms with Crippen LogP contribution in [0, 0.1) is 5.92 Å². The Balaban J connectivity index is 1.90. The Bertz CT molecular complexity index is 504. The van der Waals surface area contributed by atoms with E-state index in [0.29, 0.717) is 17.5 Å². The number of amides is 2. The van der Waals surface area contributed by atoms with Crippen molar-refractivity contribution >= 4 is 40.8 Å². The molecule has 1 fully saturated rings. The van der Waals surface area contributed by atoms with Gasteiger partial charge < -0.3 is 15.5 Å². The molecule has 1 aromatic carbocycles. The van der Waals surface area contributed by atoms with Gasteiger partial charge in [0.15, 0.2) is 0 Å². The zero-order chi connectivity index (χ0) is 15.9. The normalized spacial score (nSPS) is 15.0. The minimum Gasteiger partial charge on any atom is -0.369 e. The van der Waals surface area contributed by atoms with Crippen LogP contribution < -0.4 is 15.5 Å². The molecule has 2 N–H and O–H groups in total. The SMILES string of the molecule is CC(C)CCNC(=O)Nc1ccc(N2CCSCC2)c(Cl)c1. The summed E-state index contributed by atoms with van der Waals surface area (Å²) < 4.78 is 0. The van der Waals surface area contributed by atoms with E-state index in [0.717, 1.165) is 42.4 Å². The van der Waals surface area contributed by atoms with Gasteiger partial charge in [0.25, 0.3) is 0 Å². The first-order valence-electron chi connectivity index (χ1n) is 7.73. The summed E-state index contributed by atoms with van der Waals surface area (Å²) in [5.41, 5.74) is 1.77. The van der Waals surface area contributed by atoms with Crippen molar-refractivity contribution in [3.8, 4) is 0 Å². The summed E-state index contributed by atoms with van der Waals surface area (Å²) in [6.07, 6.45) is 0.972. The monoisotopic (exact) mass is 341 g/mol. The zero-order valence-corrected chi connectivity index (χ0v) is 14.8. The second-order valence-corrected chi connectivity index (χ2v) is 7.46. The Morgan fingerprint density at radius 2 is 2.09 bits per heavy atom. The molecule has 1 saturated heterocycles. The molecule has 0 unspecified atom stereocenters. The molecule has 0 spiro atoms. The van der Waals surface area contributed by atoms with Crippen LogP contribution in [0.2, 0.25) is 5.02 Å². The number of carbonyl (C=O) groups excluding carboxylic acids is 1. The highest BCUT2D eigenvalue weighted by Crippen LogP contribution is 2.30. The van der Waals surface area contributed by atoms with E-state index in [9.17, 15) is 4.79 Å². The van der Waals surface area contributed by atoms with Gasteiger partial charge in [-0.15, -0.1) is 0 Å². The summed E-state index contributed by atoms with van der Waals surface area (Å²) in [6.45, 7) is 6.99. The molecule has 0 aromatic heterocycles. The maximum atomic E-state index is 11.8. The van der Waals surface area contributed by atoms with E-state index in [4.69, 9.17) is 11.6 Å². The first-order valence-corrected chi connectivity index (χ1v) is 9.26. The van der Waals surface area contributed by atoms with Crippen molar-refractivity contribution in [1.29, 1.82) is 0 Å². The van der Waals surface area contributed by atoms with Crippen molar-refractivity contribution in [2.24, 2.45) is 5.92 Å². The molecule has 2 amide bonds. The first-order chi connectivity index (χ1) is 10.6. The summed E-state index contributed by atoms with van der Waals surface area (Å²) in [4.78, 5) is 14.1. The van der Waals surface area contributed by atoms with Crippen LogP contribution in [0.4, 0.5) is 16.2 Å². The van der Waals surface area contributed by atoms with Crippen LogP contribution in [0.25, 0.3) is 0 Å². The minimum absolute atomic E-state index is 0.182. The van der Waals surface area contributed by atoms with Crippen LogP contribution in [0.3, 0.4) is 0 Å². The quantitative estimate of drug-likeness (QED) is 0.848. The molecule has 1 heterocycles. The number of rotatable bonds is 5. The van der Waals surface area contributed by atoms with Crippen molar-refractivity contribution < 1.29 is 4.79 Å². The molecule has 1 aliphatic heterocycles. The number of urea groups is 1. The van der Waals surface area contributed by atoms with Crippen LogP contribution in [0.1, 0.15) is 20.3 Å². The molecule has 2 rings (SSSR count). The van der Waals surface area contributed by atoms with Gasteiger partial charge in [0, 0.05) is 36.8 Å². The molecular formula is C16H24ClN3OS. The van der Waals surface area contributed by atoms with E-state index in [1.807, 2.05) is 30.0 Å². The maximum absolute atomic E-state index is 11.8. The second-order valence-electron chi connectivity index (χ2n) is 5.83. The number of anilines is 2. The van der Waals surface area contributed by atoms with E-state index >= 15 is 0 Å². The lowest BCUT2D eigenvalue weighted by atomic mass is 10.1. The largest absolute Gasteiger partial charge is 0.369 e. The van der Waals surface area contributed by atoms with Gasteiger partial charge in [-0.25, -0.2) is 4.79 Å². The summed E-state index contributed by atoms with van der Waals surface area (Å²) in [6, 6.07) is 5.53. The van der Waals surface area contributed by atoms with Gasteiger partial charge in [0.2, 0.25) is 0 Å². The van der Waals surface area contributed by atoms with Crippen LogP contribution >= 0.6 is 23.4 Å². The minimum atomic E-state index is -0.182. The Morgan fingerprint density at radius 1 is 1.36 bits per heavy atom. The van der Waals surface area contributed by atoms with Crippen molar-refractivity contribution in [2.45, 2.75) is 20.3 Å². The number of carbonyl (C=O) groups is 1. The molecule has 0 saturated carbocycles. The average molecular weight is 342 g/mol. The molecule has 0 bridgehead atoms. The number of benzene rings is 1. The lowest BCUT2D eigenvalue weighted by molar-refractivity contribution is 0.251. The van der Waals surface area contributed by atoms with Crippen LogP contribution in [0.15, 0.2) is 18.2 Å². The molecule has 4 nitrogen and oxygen atoms in total. The number of thioether (sulfide) groups is 1. The fraction of sp³-hybridized carbons (Fsp3) is 0.562. The lowest BCUT2D eigenvalue weighted by Crippen LogP contribution is -2.32. The first kappa shape index (κ1) is 17.3. The molecule has 6 heteroatoms. The number of nitrogens with zero attached hydrogens (tertiary/aromatic N) is 1. The van der Waals surface area contributed by atoms with Crippen molar-refractivity contribution in [3.63, 3.8) is 0 Å². The summed E-state index contributed by atoms with van der Waals surface area (Å²) >= 11 is 8.34. The van der Waals surface area contributed by atoms with Gasteiger partial charge in [0.1, 0.15) is 0 Å². The molecule has 122 valence electrons. The molecule has 22 heavy (non-hydrogen) atoms. The van der Waals surface area contributed by atoms with Crippen molar-refractivity contribution in [1.82, 2.24) is 5.32 Å². The van der Waals surface area contributed by atoms with E-state index in [2.05, 4.69) is 29.4 Å². The van der Waals surface area contributed by atoms with Gasteiger partial charge in [-0.05, 0) is 30.5 Å². The highest BCUT2D eigenvalue weighted by Gasteiger charge is 2.14. The Morgan fingerprint density at radius 3 is 2.73 bits per heavy atom. The smallest absolute Gasteiger partial charge is 0.319 e. The third-order valence-electron chi connectivity index (χ3n) is 3.56. The molecule has 0 atom stereocenters. The van der Waals surface area contributed by atoms with E-state index < -0.39 is 0 Å².